The molecule has 1 heterocycles. The summed E-state index contributed by atoms with van der Waals surface area (Å²) in [6, 6.07) is 4.66. The van der Waals surface area contributed by atoms with Gasteiger partial charge in [-0.15, -0.1) is 0 Å². The number of benzene rings is 1. The fourth-order valence-corrected chi connectivity index (χ4v) is 3.11. The molecule has 1 aromatic carbocycles. The van der Waals surface area contributed by atoms with Crippen molar-refractivity contribution in [2.24, 2.45) is 5.41 Å². The van der Waals surface area contributed by atoms with Crippen molar-refractivity contribution in [1.82, 2.24) is 4.90 Å². The molecule has 2 N–H and O–H groups in total. The van der Waals surface area contributed by atoms with E-state index in [1.54, 1.807) is 17.0 Å². The standard InChI is InChI=1S/C16H20ClNO4/c1-2-16(15(21)22)6-3-7-18(10-16)14(20)9-11-4-5-13(19)12(17)8-11/h4-5,8,19H,2-3,6-7,9-10H2,1H3,(H,21,22)/t16-/m0/s1. The van der Waals surface area contributed by atoms with Gasteiger partial charge in [0.2, 0.25) is 5.91 Å². The van der Waals surface area contributed by atoms with E-state index in [0.717, 1.165) is 0 Å². The highest BCUT2D eigenvalue weighted by Crippen LogP contribution is 2.34. The number of carboxylic acid groups (broad SMARTS) is 1. The number of amides is 1. The van der Waals surface area contributed by atoms with Crippen LogP contribution >= 0.6 is 11.6 Å². The Kier molecular flexibility index (Phi) is 4.96. The van der Waals surface area contributed by atoms with E-state index in [1.807, 2.05) is 6.92 Å². The number of phenolic OH excluding ortho intramolecular Hbond substituents is 1. The van der Waals surface area contributed by atoms with Crippen molar-refractivity contribution in [1.29, 1.82) is 0 Å². The molecular formula is C16H20ClNO4. The first-order valence-corrected chi connectivity index (χ1v) is 7.74. The summed E-state index contributed by atoms with van der Waals surface area (Å²) < 4.78 is 0. The zero-order valence-electron chi connectivity index (χ0n) is 12.5. The Hall–Kier alpha value is -1.75. The predicted octanol–water partition coefficient (Wildman–Crippen LogP) is 2.69. The van der Waals surface area contributed by atoms with Gasteiger partial charge in [-0.25, -0.2) is 0 Å². The maximum atomic E-state index is 12.4. The topological polar surface area (TPSA) is 77.8 Å². The van der Waals surface area contributed by atoms with Crippen LogP contribution in [0.5, 0.6) is 5.75 Å². The van der Waals surface area contributed by atoms with Crippen LogP contribution in [0.4, 0.5) is 0 Å². The minimum Gasteiger partial charge on any atom is -0.506 e. The zero-order valence-corrected chi connectivity index (χ0v) is 13.3. The SMILES string of the molecule is CC[C@]1(C(=O)O)CCCN(C(=O)Cc2ccc(O)c(Cl)c2)C1. The molecule has 2 rings (SSSR count). The number of hydrogen-bond donors (Lipinski definition) is 2. The Bertz CT molecular complexity index is 590. The smallest absolute Gasteiger partial charge is 0.311 e. The molecule has 5 nitrogen and oxygen atoms in total. The number of phenols is 1. The molecule has 1 fully saturated rings. The molecule has 0 unspecified atom stereocenters. The fraction of sp³-hybridized carbons (Fsp3) is 0.500. The maximum Gasteiger partial charge on any atom is 0.311 e. The summed E-state index contributed by atoms with van der Waals surface area (Å²) in [4.78, 5) is 25.6. The van der Waals surface area contributed by atoms with Gasteiger partial charge in [-0.1, -0.05) is 24.6 Å². The van der Waals surface area contributed by atoms with Gasteiger partial charge in [-0.3, -0.25) is 9.59 Å². The molecule has 22 heavy (non-hydrogen) atoms. The molecule has 120 valence electrons. The molecule has 1 amide bonds. The third kappa shape index (κ3) is 3.35. The van der Waals surface area contributed by atoms with Gasteiger partial charge < -0.3 is 15.1 Å². The van der Waals surface area contributed by atoms with E-state index >= 15 is 0 Å². The lowest BCUT2D eigenvalue weighted by Crippen LogP contribution is -2.50. The monoisotopic (exact) mass is 325 g/mol. The molecule has 0 bridgehead atoms. The van der Waals surface area contributed by atoms with Crippen LogP contribution in [-0.2, 0) is 16.0 Å². The van der Waals surface area contributed by atoms with Crippen molar-refractivity contribution in [2.45, 2.75) is 32.6 Å². The number of piperidine rings is 1. The fourth-order valence-electron chi connectivity index (χ4n) is 2.91. The van der Waals surface area contributed by atoms with Gasteiger partial charge in [0.1, 0.15) is 5.75 Å². The van der Waals surface area contributed by atoms with Gasteiger partial charge >= 0.3 is 5.97 Å². The third-order valence-corrected chi connectivity index (χ3v) is 4.73. The largest absolute Gasteiger partial charge is 0.506 e. The first-order valence-electron chi connectivity index (χ1n) is 7.36. The normalized spacial score (nSPS) is 21.6. The number of hydrogen-bond acceptors (Lipinski definition) is 3. The lowest BCUT2D eigenvalue weighted by atomic mass is 9.77. The highest BCUT2D eigenvalue weighted by molar-refractivity contribution is 6.32. The van der Waals surface area contributed by atoms with Crippen LogP contribution in [0.15, 0.2) is 18.2 Å². The summed E-state index contributed by atoms with van der Waals surface area (Å²) in [5.74, 6) is -0.965. The number of nitrogens with zero attached hydrogens (tertiary/aromatic N) is 1. The minimum absolute atomic E-state index is 0.0216. The zero-order chi connectivity index (χ0) is 16.3. The van der Waals surface area contributed by atoms with Crippen molar-refractivity contribution < 1.29 is 19.8 Å². The Labute approximate surface area is 134 Å². The number of likely N-dealkylation sites (tertiary alicyclic amines) is 1. The van der Waals surface area contributed by atoms with Crippen molar-refractivity contribution in [2.75, 3.05) is 13.1 Å². The van der Waals surface area contributed by atoms with Crippen LogP contribution in [0.2, 0.25) is 5.02 Å². The average Bonchev–Trinajstić information content (AvgIpc) is 2.50. The van der Waals surface area contributed by atoms with Crippen molar-refractivity contribution in [3.63, 3.8) is 0 Å². The van der Waals surface area contributed by atoms with Gasteiger partial charge in [0.25, 0.3) is 0 Å². The number of carbonyl (C=O) groups excluding carboxylic acids is 1. The molecule has 1 saturated heterocycles. The highest BCUT2D eigenvalue weighted by Gasteiger charge is 2.41. The number of carboxylic acids is 1. The van der Waals surface area contributed by atoms with E-state index in [0.29, 0.717) is 31.4 Å². The van der Waals surface area contributed by atoms with E-state index in [-0.39, 0.29) is 29.6 Å². The highest BCUT2D eigenvalue weighted by atomic mass is 35.5. The Morgan fingerprint density at radius 2 is 2.14 bits per heavy atom. The lowest BCUT2D eigenvalue weighted by Gasteiger charge is -2.39. The minimum atomic E-state index is -0.833. The van der Waals surface area contributed by atoms with E-state index < -0.39 is 11.4 Å². The van der Waals surface area contributed by atoms with E-state index in [2.05, 4.69) is 0 Å². The van der Waals surface area contributed by atoms with Gasteiger partial charge in [-0.2, -0.15) is 0 Å². The molecule has 0 aliphatic carbocycles. The number of rotatable bonds is 4. The molecular weight excluding hydrogens is 306 g/mol. The molecule has 1 aromatic rings. The van der Waals surface area contributed by atoms with Crippen LogP contribution in [0.3, 0.4) is 0 Å². The molecule has 1 atom stereocenters. The maximum absolute atomic E-state index is 12.4. The number of halogens is 1. The summed E-state index contributed by atoms with van der Waals surface area (Å²) in [5.41, 5.74) is -0.128. The number of aliphatic carboxylic acids is 1. The van der Waals surface area contributed by atoms with E-state index in [9.17, 15) is 19.8 Å². The van der Waals surface area contributed by atoms with Crippen molar-refractivity contribution >= 4 is 23.5 Å². The molecule has 0 spiro atoms. The first-order chi connectivity index (χ1) is 10.4. The number of aromatic hydroxyl groups is 1. The second-order valence-corrected chi connectivity index (χ2v) is 6.23. The van der Waals surface area contributed by atoms with Gasteiger partial charge in [-0.05, 0) is 37.0 Å². The van der Waals surface area contributed by atoms with Gasteiger partial charge in [0.05, 0.1) is 16.9 Å². The van der Waals surface area contributed by atoms with E-state index in [4.69, 9.17) is 11.6 Å². The third-order valence-electron chi connectivity index (χ3n) is 4.43. The Morgan fingerprint density at radius 1 is 1.41 bits per heavy atom. The second kappa shape index (κ2) is 6.57. The second-order valence-electron chi connectivity index (χ2n) is 5.82. The molecule has 1 aliphatic rings. The van der Waals surface area contributed by atoms with E-state index in [1.165, 1.54) is 6.07 Å². The van der Waals surface area contributed by atoms with Crippen LogP contribution in [0.25, 0.3) is 0 Å². The quantitative estimate of drug-likeness (QED) is 0.892. The predicted molar refractivity (Wildman–Crippen MR) is 83.0 cm³/mol. The number of carbonyl (C=O) groups is 2. The van der Waals surface area contributed by atoms with Crippen molar-refractivity contribution in [3.8, 4) is 5.75 Å². The molecule has 0 aromatic heterocycles. The van der Waals surface area contributed by atoms with Crippen LogP contribution in [-0.4, -0.2) is 40.1 Å². The molecule has 1 aliphatic heterocycles. The summed E-state index contributed by atoms with van der Waals surface area (Å²) in [6.07, 6.45) is 1.96. The van der Waals surface area contributed by atoms with Crippen LogP contribution < -0.4 is 0 Å². The van der Waals surface area contributed by atoms with Gasteiger partial charge in [0, 0.05) is 13.1 Å². The van der Waals surface area contributed by atoms with Crippen LogP contribution in [0.1, 0.15) is 31.7 Å². The van der Waals surface area contributed by atoms with Crippen LogP contribution in [0, 0.1) is 5.41 Å². The molecule has 0 radical (unpaired) electrons. The summed E-state index contributed by atoms with van der Waals surface area (Å²) in [5, 5.41) is 19.1. The average molecular weight is 326 g/mol. The summed E-state index contributed by atoms with van der Waals surface area (Å²) in [6.45, 7) is 2.69. The Balaban J connectivity index is 2.09. The molecule has 0 saturated carbocycles. The van der Waals surface area contributed by atoms with Crippen molar-refractivity contribution in [3.05, 3.63) is 28.8 Å². The summed E-state index contributed by atoms with van der Waals surface area (Å²) >= 11 is 5.84. The Morgan fingerprint density at radius 3 is 2.73 bits per heavy atom. The molecule has 6 heteroatoms. The first kappa shape index (κ1) is 16.6. The lowest BCUT2D eigenvalue weighted by molar-refractivity contribution is -0.155. The summed E-state index contributed by atoms with van der Waals surface area (Å²) in [7, 11) is 0. The van der Waals surface area contributed by atoms with Gasteiger partial charge in [0.15, 0.2) is 0 Å².